The topological polar surface area (TPSA) is 89.5 Å². The number of primary amides is 1. The molecule has 1 aromatic carbocycles. The Morgan fingerprint density at radius 2 is 1.96 bits per heavy atom. The summed E-state index contributed by atoms with van der Waals surface area (Å²) in [5, 5.41) is 2.78. The molecular formula is C17H16N4O2. The number of benzene rings is 1. The number of aromatic nitrogens is 2. The quantitative estimate of drug-likeness (QED) is 0.771. The van der Waals surface area contributed by atoms with Crippen LogP contribution in [0.4, 0.5) is 5.69 Å². The first-order chi connectivity index (χ1) is 11.0. The molecule has 2 aromatic heterocycles. The number of anilines is 1. The number of carbonyl (C=O) groups excluding carboxylic acids is 2. The van der Waals surface area contributed by atoms with Gasteiger partial charge in [-0.05, 0) is 42.8 Å². The Bertz CT molecular complexity index is 881. The molecule has 0 aliphatic heterocycles. The van der Waals surface area contributed by atoms with Gasteiger partial charge in [0.05, 0.1) is 12.1 Å². The third kappa shape index (κ3) is 3.21. The fourth-order valence-corrected chi connectivity index (χ4v) is 2.38. The van der Waals surface area contributed by atoms with Crippen LogP contribution in [0.2, 0.25) is 0 Å². The number of aryl methyl sites for hydroxylation is 1. The van der Waals surface area contributed by atoms with Crippen LogP contribution in [0.1, 0.15) is 21.6 Å². The van der Waals surface area contributed by atoms with Crippen LogP contribution in [0.5, 0.6) is 0 Å². The molecule has 0 saturated carbocycles. The molecule has 2 amide bonds. The first-order valence-corrected chi connectivity index (χ1v) is 7.16. The van der Waals surface area contributed by atoms with Crippen LogP contribution in [-0.4, -0.2) is 21.2 Å². The number of carbonyl (C=O) groups is 2. The van der Waals surface area contributed by atoms with E-state index in [1.165, 1.54) is 0 Å². The van der Waals surface area contributed by atoms with Crippen LogP contribution < -0.4 is 11.1 Å². The lowest BCUT2D eigenvalue weighted by molar-refractivity contribution is -0.115. The third-order valence-electron chi connectivity index (χ3n) is 3.52. The minimum absolute atomic E-state index is 0.169. The van der Waals surface area contributed by atoms with Gasteiger partial charge in [-0.25, -0.2) is 4.98 Å². The molecule has 3 N–H and O–H groups in total. The predicted molar refractivity (Wildman–Crippen MR) is 87.2 cm³/mol. The van der Waals surface area contributed by atoms with Crippen LogP contribution in [0.25, 0.3) is 5.65 Å². The summed E-state index contributed by atoms with van der Waals surface area (Å²) in [6.07, 6.45) is 3.93. The number of amides is 2. The van der Waals surface area contributed by atoms with Crippen LogP contribution in [0, 0.1) is 6.92 Å². The number of rotatable bonds is 4. The molecule has 0 spiro atoms. The van der Waals surface area contributed by atoms with Gasteiger partial charge in [-0.1, -0.05) is 6.07 Å². The van der Waals surface area contributed by atoms with E-state index in [1.807, 2.05) is 35.9 Å². The minimum atomic E-state index is -0.497. The van der Waals surface area contributed by atoms with Crippen molar-refractivity contribution >= 4 is 23.1 Å². The van der Waals surface area contributed by atoms with Crippen molar-refractivity contribution in [2.24, 2.45) is 5.73 Å². The van der Waals surface area contributed by atoms with E-state index in [2.05, 4.69) is 10.3 Å². The van der Waals surface area contributed by atoms with Gasteiger partial charge in [0, 0.05) is 23.6 Å². The van der Waals surface area contributed by atoms with Gasteiger partial charge in [-0.15, -0.1) is 0 Å². The highest BCUT2D eigenvalue weighted by atomic mass is 16.2. The maximum Gasteiger partial charge on any atom is 0.248 e. The Hall–Kier alpha value is -3.15. The molecule has 0 radical (unpaired) electrons. The van der Waals surface area contributed by atoms with Gasteiger partial charge < -0.3 is 15.5 Å². The summed E-state index contributed by atoms with van der Waals surface area (Å²) in [6.45, 7) is 1.98. The standard InChI is InChI=1S/C17H16N4O2/c1-11-3-2-8-21-10-14(20-17(11)21)9-15(22)19-13-6-4-12(5-7-13)16(18)23/h2-8,10H,9H2,1H3,(H2,18,23)(H,19,22). The van der Waals surface area contributed by atoms with E-state index < -0.39 is 5.91 Å². The summed E-state index contributed by atoms with van der Waals surface area (Å²) in [4.78, 5) is 27.6. The summed E-state index contributed by atoms with van der Waals surface area (Å²) in [7, 11) is 0. The average molecular weight is 308 g/mol. The van der Waals surface area contributed by atoms with E-state index >= 15 is 0 Å². The second-order valence-corrected chi connectivity index (χ2v) is 5.32. The van der Waals surface area contributed by atoms with Gasteiger partial charge in [-0.3, -0.25) is 9.59 Å². The van der Waals surface area contributed by atoms with E-state index in [1.54, 1.807) is 24.3 Å². The van der Waals surface area contributed by atoms with Crippen LogP contribution in [0.3, 0.4) is 0 Å². The monoisotopic (exact) mass is 308 g/mol. The smallest absolute Gasteiger partial charge is 0.248 e. The summed E-state index contributed by atoms with van der Waals surface area (Å²) < 4.78 is 1.90. The fraction of sp³-hybridized carbons (Fsp3) is 0.118. The van der Waals surface area contributed by atoms with Gasteiger partial charge in [0.15, 0.2) is 0 Å². The molecule has 0 atom stereocenters. The van der Waals surface area contributed by atoms with Gasteiger partial charge in [0.2, 0.25) is 11.8 Å². The molecule has 0 fully saturated rings. The summed E-state index contributed by atoms with van der Waals surface area (Å²) in [6, 6.07) is 10.4. The number of hydrogen-bond acceptors (Lipinski definition) is 3. The Morgan fingerprint density at radius 3 is 2.61 bits per heavy atom. The molecule has 3 rings (SSSR count). The van der Waals surface area contributed by atoms with Crippen molar-refractivity contribution in [3.63, 3.8) is 0 Å². The lowest BCUT2D eigenvalue weighted by Crippen LogP contribution is -2.15. The van der Waals surface area contributed by atoms with Crippen molar-refractivity contribution in [3.8, 4) is 0 Å². The lowest BCUT2D eigenvalue weighted by atomic mass is 10.2. The largest absolute Gasteiger partial charge is 0.366 e. The molecular weight excluding hydrogens is 292 g/mol. The molecule has 6 heteroatoms. The van der Waals surface area contributed by atoms with Crippen molar-refractivity contribution in [1.29, 1.82) is 0 Å². The van der Waals surface area contributed by atoms with Crippen molar-refractivity contribution in [1.82, 2.24) is 9.38 Å². The van der Waals surface area contributed by atoms with E-state index in [9.17, 15) is 9.59 Å². The van der Waals surface area contributed by atoms with Crippen molar-refractivity contribution in [2.45, 2.75) is 13.3 Å². The average Bonchev–Trinajstić information content (AvgIpc) is 2.91. The van der Waals surface area contributed by atoms with Crippen LogP contribution in [-0.2, 0) is 11.2 Å². The highest BCUT2D eigenvalue weighted by molar-refractivity contribution is 5.95. The predicted octanol–water partition coefficient (Wildman–Crippen LogP) is 1.92. The van der Waals surface area contributed by atoms with Crippen molar-refractivity contribution in [2.75, 3.05) is 5.32 Å². The summed E-state index contributed by atoms with van der Waals surface area (Å²) >= 11 is 0. The lowest BCUT2D eigenvalue weighted by Gasteiger charge is -2.04. The molecule has 2 heterocycles. The first kappa shape index (κ1) is 14.8. The zero-order valence-electron chi connectivity index (χ0n) is 12.6. The van der Waals surface area contributed by atoms with E-state index in [0.717, 1.165) is 11.2 Å². The zero-order valence-corrected chi connectivity index (χ0v) is 12.6. The molecule has 0 aliphatic carbocycles. The molecule has 6 nitrogen and oxygen atoms in total. The first-order valence-electron chi connectivity index (χ1n) is 7.16. The number of hydrogen-bond donors (Lipinski definition) is 2. The van der Waals surface area contributed by atoms with Gasteiger partial charge >= 0.3 is 0 Å². The highest BCUT2D eigenvalue weighted by Gasteiger charge is 2.09. The van der Waals surface area contributed by atoms with E-state index in [4.69, 9.17) is 5.73 Å². The Balaban J connectivity index is 1.70. The maximum atomic E-state index is 12.1. The van der Waals surface area contributed by atoms with Crippen molar-refractivity contribution in [3.05, 3.63) is 65.6 Å². The molecule has 0 bridgehead atoms. The number of nitrogens with one attached hydrogen (secondary N) is 1. The number of nitrogens with zero attached hydrogens (tertiary/aromatic N) is 2. The second-order valence-electron chi connectivity index (χ2n) is 5.32. The van der Waals surface area contributed by atoms with E-state index in [0.29, 0.717) is 16.9 Å². The number of nitrogens with two attached hydrogens (primary N) is 1. The Kier molecular flexibility index (Phi) is 3.80. The number of fused-ring (bicyclic) bond motifs is 1. The molecule has 3 aromatic rings. The second kappa shape index (κ2) is 5.92. The summed E-state index contributed by atoms with van der Waals surface area (Å²) in [5.41, 5.74) is 8.80. The Morgan fingerprint density at radius 1 is 1.22 bits per heavy atom. The summed E-state index contributed by atoms with van der Waals surface area (Å²) in [5.74, 6) is -0.666. The normalized spacial score (nSPS) is 10.7. The van der Waals surface area contributed by atoms with Crippen LogP contribution in [0.15, 0.2) is 48.8 Å². The van der Waals surface area contributed by atoms with Crippen molar-refractivity contribution < 1.29 is 9.59 Å². The van der Waals surface area contributed by atoms with E-state index in [-0.39, 0.29) is 12.3 Å². The molecule has 0 aliphatic rings. The van der Waals surface area contributed by atoms with Gasteiger partial charge in [0.1, 0.15) is 5.65 Å². The number of pyridine rings is 1. The minimum Gasteiger partial charge on any atom is -0.366 e. The third-order valence-corrected chi connectivity index (χ3v) is 3.52. The molecule has 23 heavy (non-hydrogen) atoms. The highest BCUT2D eigenvalue weighted by Crippen LogP contribution is 2.12. The zero-order chi connectivity index (χ0) is 16.4. The van der Waals surface area contributed by atoms with Crippen LogP contribution >= 0.6 is 0 Å². The molecule has 0 unspecified atom stereocenters. The van der Waals surface area contributed by atoms with Gasteiger partial charge in [-0.2, -0.15) is 0 Å². The molecule has 116 valence electrons. The van der Waals surface area contributed by atoms with Gasteiger partial charge in [0.25, 0.3) is 0 Å². The SMILES string of the molecule is Cc1cccn2cc(CC(=O)Nc3ccc(C(N)=O)cc3)nc12. The Labute approximate surface area is 132 Å². The fourth-order valence-electron chi connectivity index (χ4n) is 2.38. The maximum absolute atomic E-state index is 12.1. The molecule has 0 saturated heterocycles. The number of imidazole rings is 1.